The van der Waals surface area contributed by atoms with Crippen LogP contribution >= 0.6 is 15.9 Å². The number of nitrogens with zero attached hydrogens (tertiary/aromatic N) is 3. The maximum atomic E-state index is 13.0. The second kappa shape index (κ2) is 7.50. The highest BCUT2D eigenvalue weighted by Crippen LogP contribution is 2.36. The fraction of sp³-hybridized carbons (Fsp3) is 0.526. The van der Waals surface area contributed by atoms with E-state index >= 15 is 0 Å². The number of amidine groups is 1. The second-order valence-corrected chi connectivity index (χ2v) is 9.21. The molecule has 1 atom stereocenters. The van der Waals surface area contributed by atoms with Crippen molar-refractivity contribution in [2.45, 2.75) is 53.3 Å². The molecule has 1 aliphatic rings. The Labute approximate surface area is 168 Å². The van der Waals surface area contributed by atoms with Gasteiger partial charge in [-0.3, -0.25) is 0 Å². The number of methoxy groups -OCH3 is 1. The first-order chi connectivity index (χ1) is 12.3. The molecule has 27 heavy (non-hydrogen) atoms. The Morgan fingerprint density at radius 1 is 1.07 bits per heavy atom. The van der Waals surface area contributed by atoms with E-state index < -0.39 is 23.8 Å². The minimum Gasteiger partial charge on any atom is -0.463 e. The van der Waals surface area contributed by atoms with E-state index in [1.165, 1.54) is 7.11 Å². The Morgan fingerprint density at radius 3 is 2.07 bits per heavy atom. The summed E-state index contributed by atoms with van der Waals surface area (Å²) in [4.78, 5) is 29.9. The van der Waals surface area contributed by atoms with Crippen molar-refractivity contribution in [3.63, 3.8) is 0 Å². The van der Waals surface area contributed by atoms with Crippen molar-refractivity contribution in [2.24, 2.45) is 10.4 Å². The molecule has 1 aromatic carbocycles. The fourth-order valence-corrected chi connectivity index (χ4v) is 2.82. The van der Waals surface area contributed by atoms with Crippen LogP contribution in [0.5, 0.6) is 0 Å². The van der Waals surface area contributed by atoms with E-state index in [2.05, 4.69) is 20.9 Å². The van der Waals surface area contributed by atoms with E-state index in [-0.39, 0.29) is 11.3 Å². The van der Waals surface area contributed by atoms with Crippen LogP contribution < -0.4 is 5.01 Å². The molecule has 0 saturated heterocycles. The molecule has 0 radical (unpaired) electrons. The Hall–Kier alpha value is -2.09. The number of anilines is 1. The van der Waals surface area contributed by atoms with Crippen molar-refractivity contribution in [3.8, 4) is 0 Å². The summed E-state index contributed by atoms with van der Waals surface area (Å²) in [5, 5.41) is 2.84. The molecule has 0 fully saturated rings. The minimum atomic E-state index is -0.733. The highest BCUT2D eigenvalue weighted by atomic mass is 79.9. The topological polar surface area (TPSA) is 71.4 Å². The van der Waals surface area contributed by atoms with Crippen molar-refractivity contribution < 1.29 is 19.1 Å². The summed E-state index contributed by atoms with van der Waals surface area (Å²) < 4.78 is 11.3. The summed E-state index contributed by atoms with van der Waals surface area (Å²) in [7, 11) is 1.26. The van der Waals surface area contributed by atoms with Gasteiger partial charge >= 0.3 is 12.1 Å². The fourth-order valence-electron chi connectivity index (χ4n) is 2.56. The molecule has 1 amide bonds. The van der Waals surface area contributed by atoms with Gasteiger partial charge in [-0.25, -0.2) is 19.6 Å². The highest BCUT2D eigenvalue weighted by molar-refractivity contribution is 9.10. The van der Waals surface area contributed by atoms with Gasteiger partial charge in [-0.1, -0.05) is 36.7 Å². The van der Waals surface area contributed by atoms with Crippen molar-refractivity contribution in [3.05, 3.63) is 28.7 Å². The summed E-state index contributed by atoms with van der Waals surface area (Å²) in [6.45, 7) is 11.3. The Kier molecular flexibility index (Phi) is 5.89. The molecule has 8 heteroatoms. The quantitative estimate of drug-likeness (QED) is 0.639. The average Bonchev–Trinajstić information content (AvgIpc) is 2.94. The number of benzene rings is 1. The molecule has 0 spiro atoms. The Bertz CT molecular complexity index is 748. The molecule has 0 N–H and O–H groups in total. The molecular formula is C19H26BrN3O4. The van der Waals surface area contributed by atoms with Crippen molar-refractivity contribution >= 4 is 39.5 Å². The molecule has 1 unspecified atom stereocenters. The van der Waals surface area contributed by atoms with E-state index in [9.17, 15) is 9.59 Å². The molecule has 1 aromatic rings. The summed E-state index contributed by atoms with van der Waals surface area (Å²) >= 11 is 3.41. The van der Waals surface area contributed by atoms with Crippen LogP contribution in [0.3, 0.4) is 0 Å². The van der Waals surface area contributed by atoms with Gasteiger partial charge in [-0.05, 0) is 45.0 Å². The predicted octanol–water partition coefficient (Wildman–Crippen LogP) is 4.36. The lowest BCUT2D eigenvalue weighted by Crippen LogP contribution is -2.54. The third kappa shape index (κ3) is 4.80. The summed E-state index contributed by atoms with van der Waals surface area (Å²) in [5.41, 5.74) is -0.404. The third-order valence-electron chi connectivity index (χ3n) is 3.69. The Balaban J connectivity index is 2.59. The van der Waals surface area contributed by atoms with Crippen LogP contribution in [0.15, 0.2) is 33.7 Å². The molecule has 0 aliphatic carbocycles. The van der Waals surface area contributed by atoms with E-state index in [0.29, 0.717) is 5.69 Å². The maximum absolute atomic E-state index is 13.0. The molecule has 0 aromatic heterocycles. The normalized spacial score (nSPS) is 17.6. The zero-order valence-electron chi connectivity index (χ0n) is 16.7. The van der Waals surface area contributed by atoms with Gasteiger partial charge in [-0.15, -0.1) is 0 Å². The molecular weight excluding hydrogens is 414 g/mol. The third-order valence-corrected chi connectivity index (χ3v) is 4.22. The molecule has 0 bridgehead atoms. The average molecular weight is 440 g/mol. The van der Waals surface area contributed by atoms with Gasteiger partial charge in [0.05, 0.1) is 12.8 Å². The van der Waals surface area contributed by atoms with Crippen molar-refractivity contribution in [1.29, 1.82) is 0 Å². The second-order valence-electron chi connectivity index (χ2n) is 8.30. The number of carbonyl (C=O) groups is 2. The lowest BCUT2D eigenvalue weighted by molar-refractivity contribution is -0.133. The summed E-state index contributed by atoms with van der Waals surface area (Å²) in [5.74, 6) is -0.802. The van der Waals surface area contributed by atoms with E-state index in [0.717, 1.165) is 9.48 Å². The van der Waals surface area contributed by atoms with Gasteiger partial charge in [0.25, 0.3) is 0 Å². The van der Waals surface area contributed by atoms with Crippen LogP contribution in [0.4, 0.5) is 10.5 Å². The first-order valence-corrected chi connectivity index (χ1v) is 9.38. The van der Waals surface area contributed by atoms with E-state index in [4.69, 9.17) is 9.47 Å². The number of hydrazine groups is 1. The van der Waals surface area contributed by atoms with E-state index in [1.807, 2.05) is 45.0 Å². The van der Waals surface area contributed by atoms with Crippen molar-refractivity contribution in [1.82, 2.24) is 5.01 Å². The van der Waals surface area contributed by atoms with Crippen LogP contribution in [0.1, 0.15) is 41.5 Å². The highest BCUT2D eigenvalue weighted by Gasteiger charge is 2.47. The van der Waals surface area contributed by atoms with Crippen LogP contribution in [0.2, 0.25) is 0 Å². The SMILES string of the molecule is COC(=O)C1=NC(C(C)(C)C)N(c2ccc(Br)cc2)N1C(=O)OC(C)(C)C. The number of hydrogen-bond donors (Lipinski definition) is 0. The van der Waals surface area contributed by atoms with E-state index in [1.54, 1.807) is 25.8 Å². The van der Waals surface area contributed by atoms with Gasteiger partial charge in [0.1, 0.15) is 11.8 Å². The van der Waals surface area contributed by atoms with Gasteiger partial charge in [-0.2, -0.15) is 5.01 Å². The number of ether oxygens (including phenoxy) is 2. The number of rotatable bonds is 2. The van der Waals surface area contributed by atoms with Crippen molar-refractivity contribution in [2.75, 3.05) is 12.1 Å². The molecule has 2 rings (SSSR count). The summed E-state index contributed by atoms with van der Waals surface area (Å²) in [6.07, 6.45) is -1.19. The molecule has 7 nitrogen and oxygen atoms in total. The Morgan fingerprint density at radius 2 is 1.63 bits per heavy atom. The number of amides is 1. The minimum absolute atomic E-state index is 0.102. The van der Waals surface area contributed by atoms with Gasteiger partial charge in [0.2, 0.25) is 5.84 Å². The molecule has 148 valence electrons. The summed E-state index contributed by atoms with van der Waals surface area (Å²) in [6, 6.07) is 7.41. The largest absolute Gasteiger partial charge is 0.463 e. The molecule has 0 saturated carbocycles. The predicted molar refractivity (Wildman–Crippen MR) is 107 cm³/mol. The lowest BCUT2D eigenvalue weighted by Gasteiger charge is -2.38. The monoisotopic (exact) mass is 439 g/mol. The van der Waals surface area contributed by atoms with Crippen LogP contribution in [-0.2, 0) is 14.3 Å². The number of aliphatic imine (C=N–C) groups is 1. The lowest BCUT2D eigenvalue weighted by atomic mass is 9.92. The standard InChI is InChI=1S/C19H26BrN3O4/c1-18(2,3)16-21-14(15(24)26-7)23(17(25)27-19(4,5)6)22(16)13-10-8-12(20)9-11-13/h8-11,16H,1-7H3. The van der Waals surface area contributed by atoms with Crippen LogP contribution in [-0.4, -0.2) is 41.8 Å². The van der Waals surface area contributed by atoms with Gasteiger partial charge < -0.3 is 9.47 Å². The number of carbonyl (C=O) groups excluding carboxylic acids is 2. The van der Waals surface area contributed by atoms with Gasteiger partial charge in [0.15, 0.2) is 0 Å². The van der Waals surface area contributed by atoms with Crippen LogP contribution in [0, 0.1) is 5.41 Å². The maximum Gasteiger partial charge on any atom is 0.435 e. The molecule has 1 heterocycles. The van der Waals surface area contributed by atoms with Crippen LogP contribution in [0.25, 0.3) is 0 Å². The first kappa shape index (κ1) is 21.2. The first-order valence-electron chi connectivity index (χ1n) is 8.59. The number of hydrogen-bond acceptors (Lipinski definition) is 6. The van der Waals surface area contributed by atoms with Gasteiger partial charge in [0, 0.05) is 9.89 Å². The zero-order valence-corrected chi connectivity index (χ0v) is 18.3. The zero-order chi connectivity index (χ0) is 20.6. The molecule has 1 aliphatic heterocycles. The number of halogens is 1. The smallest absolute Gasteiger partial charge is 0.435 e. The number of esters is 1.